The molecule has 0 aliphatic carbocycles. The van der Waals surface area contributed by atoms with E-state index in [0.29, 0.717) is 5.69 Å². The Morgan fingerprint density at radius 2 is 1.12 bits per heavy atom. The molecule has 0 bridgehead atoms. The molecule has 7 aromatic carbocycles. The van der Waals surface area contributed by atoms with Crippen molar-refractivity contribution in [3.63, 3.8) is 0 Å². The van der Waals surface area contributed by atoms with E-state index in [0.717, 1.165) is 72.4 Å². The molecule has 0 spiro atoms. The number of para-hydroxylation sites is 1. The monoisotopic (exact) mass is 618 g/mol. The smallest absolute Gasteiger partial charge is 0.188 e. The molecule has 9 rings (SSSR count). The van der Waals surface area contributed by atoms with Crippen molar-refractivity contribution in [2.45, 2.75) is 5.41 Å². The number of fused-ring (bicyclic) bond motifs is 5. The van der Waals surface area contributed by atoms with Gasteiger partial charge in [0.15, 0.2) is 5.69 Å². The van der Waals surface area contributed by atoms with Crippen LogP contribution < -0.4 is 4.74 Å². The number of nitrogens with zero attached hydrogens (tertiary/aromatic N) is 2. The van der Waals surface area contributed by atoms with Crippen molar-refractivity contribution in [1.82, 2.24) is 4.57 Å². The third-order valence-electron chi connectivity index (χ3n) is 9.60. The summed E-state index contributed by atoms with van der Waals surface area (Å²) in [7, 11) is 0. The van der Waals surface area contributed by atoms with Gasteiger partial charge in [0.1, 0.15) is 17.3 Å². The van der Waals surface area contributed by atoms with Gasteiger partial charge >= 0.3 is 0 Å². The second kappa shape index (κ2) is 10.8. The fraction of sp³-hybridized carbons (Fsp3) is 0.0227. The predicted molar refractivity (Wildman–Crippen MR) is 191 cm³/mol. The zero-order chi connectivity index (χ0) is 32.2. The first-order valence-electron chi connectivity index (χ1n) is 15.9. The zero-order valence-corrected chi connectivity index (χ0v) is 25.8. The Hall–Kier alpha value is -6.44. The molecule has 0 unspecified atom stereocenters. The molecule has 1 aromatic heterocycles. The number of aromatic nitrogens is 1. The number of hydrogen-bond acceptors (Lipinski definition) is 1. The highest BCUT2D eigenvalue weighted by molar-refractivity contribution is 6.11. The number of hydrogen-bond donors (Lipinski definition) is 0. The molecule has 0 atom stereocenters. The Kier molecular flexibility index (Phi) is 6.28. The Morgan fingerprint density at radius 3 is 1.83 bits per heavy atom. The molecule has 1 aliphatic rings. The van der Waals surface area contributed by atoms with Crippen LogP contribution in [-0.4, -0.2) is 4.57 Å². The van der Waals surface area contributed by atoms with Gasteiger partial charge in [-0.05, 0) is 94.4 Å². The van der Waals surface area contributed by atoms with E-state index in [9.17, 15) is 4.39 Å². The summed E-state index contributed by atoms with van der Waals surface area (Å²) in [5, 5.41) is 2.00. The van der Waals surface area contributed by atoms with Gasteiger partial charge in [-0.1, -0.05) is 97.1 Å². The summed E-state index contributed by atoms with van der Waals surface area (Å²) in [6.07, 6.45) is 0. The van der Waals surface area contributed by atoms with Crippen LogP contribution in [0.15, 0.2) is 164 Å². The van der Waals surface area contributed by atoms with Crippen LogP contribution in [0.2, 0.25) is 0 Å². The van der Waals surface area contributed by atoms with Crippen molar-refractivity contribution in [2.24, 2.45) is 0 Å². The number of halogens is 1. The maximum atomic E-state index is 13.9. The number of benzene rings is 7. The average Bonchev–Trinajstić information content (AvgIpc) is 3.47. The molecule has 8 aromatic rings. The normalized spacial score (nSPS) is 13.0. The SMILES string of the molecule is [C-]#[N+]c1ccc2c(c1)c1cc(-c3ccc4c(c3)C(c3ccccc3)(c3ccccc3)c3ccccc3O4)ccc1n2-c1ccc(F)cc1. The first-order chi connectivity index (χ1) is 23.6. The van der Waals surface area contributed by atoms with E-state index in [4.69, 9.17) is 11.3 Å². The topological polar surface area (TPSA) is 18.5 Å². The van der Waals surface area contributed by atoms with E-state index in [-0.39, 0.29) is 5.82 Å². The number of rotatable bonds is 4. The lowest BCUT2D eigenvalue weighted by Gasteiger charge is -2.41. The minimum absolute atomic E-state index is 0.279. The summed E-state index contributed by atoms with van der Waals surface area (Å²) in [6.45, 7) is 7.68. The molecule has 226 valence electrons. The van der Waals surface area contributed by atoms with Crippen molar-refractivity contribution in [2.75, 3.05) is 0 Å². The van der Waals surface area contributed by atoms with E-state index in [1.165, 1.54) is 12.1 Å². The summed E-state index contributed by atoms with van der Waals surface area (Å²) >= 11 is 0. The summed E-state index contributed by atoms with van der Waals surface area (Å²) in [4.78, 5) is 3.72. The molecular formula is C44H27FN2O. The third-order valence-corrected chi connectivity index (χ3v) is 9.60. The van der Waals surface area contributed by atoms with Crippen LogP contribution >= 0.6 is 0 Å². The Balaban J connectivity index is 1.31. The van der Waals surface area contributed by atoms with Gasteiger partial charge < -0.3 is 9.30 Å². The van der Waals surface area contributed by atoms with Gasteiger partial charge in [-0.15, -0.1) is 0 Å². The zero-order valence-electron chi connectivity index (χ0n) is 25.8. The van der Waals surface area contributed by atoms with Crippen molar-refractivity contribution in [3.8, 4) is 28.3 Å². The molecule has 0 saturated carbocycles. The van der Waals surface area contributed by atoms with Crippen molar-refractivity contribution in [3.05, 3.63) is 203 Å². The molecule has 4 heteroatoms. The second-order valence-electron chi connectivity index (χ2n) is 12.1. The van der Waals surface area contributed by atoms with Crippen molar-refractivity contribution in [1.29, 1.82) is 0 Å². The molecule has 0 fully saturated rings. The van der Waals surface area contributed by atoms with E-state index in [1.807, 2.05) is 24.3 Å². The van der Waals surface area contributed by atoms with Gasteiger partial charge in [0.25, 0.3) is 0 Å². The molecule has 1 aliphatic heterocycles. The second-order valence-corrected chi connectivity index (χ2v) is 12.1. The molecule has 3 nitrogen and oxygen atoms in total. The van der Waals surface area contributed by atoms with Crippen LogP contribution in [0.25, 0.3) is 43.5 Å². The fourth-order valence-electron chi connectivity index (χ4n) is 7.51. The van der Waals surface area contributed by atoms with Gasteiger partial charge in [-0.2, -0.15) is 0 Å². The first kappa shape index (κ1) is 27.8. The Bertz CT molecular complexity index is 2510. The minimum Gasteiger partial charge on any atom is -0.457 e. The van der Waals surface area contributed by atoms with Crippen LogP contribution in [0.4, 0.5) is 10.1 Å². The molecule has 0 amide bonds. The standard InChI is InChI=1S/C44H27FN2O/c1-46-34-20-24-41-37(28-34)36-26-29(16-23-40(36)47(41)35-21-18-33(45)19-22-35)30-17-25-43-39(27-30)44(31-10-4-2-5-11-31,32-12-6-3-7-13-32)38-14-8-9-15-42(38)48-43/h2-28H. The average molecular weight is 619 g/mol. The highest BCUT2D eigenvalue weighted by Gasteiger charge is 2.45. The van der Waals surface area contributed by atoms with Crippen molar-refractivity contribution < 1.29 is 9.13 Å². The van der Waals surface area contributed by atoms with Crippen LogP contribution in [-0.2, 0) is 5.41 Å². The van der Waals surface area contributed by atoms with E-state index in [2.05, 4.69) is 125 Å². The van der Waals surface area contributed by atoms with Crippen LogP contribution in [0, 0.1) is 12.4 Å². The lowest BCUT2D eigenvalue weighted by Crippen LogP contribution is -2.34. The predicted octanol–water partition coefficient (Wildman–Crippen LogP) is 11.6. The molecular weight excluding hydrogens is 591 g/mol. The molecule has 0 N–H and O–H groups in total. The molecule has 0 radical (unpaired) electrons. The van der Waals surface area contributed by atoms with Gasteiger partial charge in [0.05, 0.1) is 23.0 Å². The maximum absolute atomic E-state index is 13.9. The van der Waals surface area contributed by atoms with Gasteiger partial charge in [-0.3, -0.25) is 0 Å². The number of ether oxygens (including phenoxy) is 1. The molecule has 2 heterocycles. The van der Waals surface area contributed by atoms with E-state index >= 15 is 0 Å². The summed E-state index contributed by atoms with van der Waals surface area (Å²) in [5.41, 5.74) is 9.36. The summed E-state index contributed by atoms with van der Waals surface area (Å²) < 4.78 is 22.7. The van der Waals surface area contributed by atoms with Crippen LogP contribution in [0.3, 0.4) is 0 Å². The largest absolute Gasteiger partial charge is 0.457 e. The van der Waals surface area contributed by atoms with Gasteiger partial charge in [-0.25, -0.2) is 9.24 Å². The van der Waals surface area contributed by atoms with Crippen LogP contribution in [0.5, 0.6) is 11.5 Å². The lowest BCUT2D eigenvalue weighted by atomic mass is 9.63. The van der Waals surface area contributed by atoms with Crippen LogP contribution in [0.1, 0.15) is 22.3 Å². The first-order valence-corrected chi connectivity index (χ1v) is 15.9. The minimum atomic E-state index is -0.615. The third kappa shape index (κ3) is 4.11. The summed E-state index contributed by atoms with van der Waals surface area (Å²) in [5.74, 6) is 1.38. The molecule has 48 heavy (non-hydrogen) atoms. The van der Waals surface area contributed by atoms with Gasteiger partial charge in [0.2, 0.25) is 0 Å². The quantitative estimate of drug-likeness (QED) is 0.180. The fourth-order valence-corrected chi connectivity index (χ4v) is 7.51. The van der Waals surface area contributed by atoms with Gasteiger partial charge in [0, 0.05) is 22.2 Å². The highest BCUT2D eigenvalue weighted by atomic mass is 19.1. The Morgan fingerprint density at radius 1 is 0.542 bits per heavy atom. The van der Waals surface area contributed by atoms with E-state index in [1.54, 1.807) is 12.1 Å². The molecule has 0 saturated heterocycles. The van der Waals surface area contributed by atoms with Crippen molar-refractivity contribution >= 4 is 27.5 Å². The summed E-state index contributed by atoms with van der Waals surface area (Å²) in [6, 6.07) is 54.9. The lowest BCUT2D eigenvalue weighted by molar-refractivity contribution is 0.434. The van der Waals surface area contributed by atoms with E-state index < -0.39 is 5.41 Å². The maximum Gasteiger partial charge on any atom is 0.188 e. The highest BCUT2D eigenvalue weighted by Crippen LogP contribution is 2.56. The Labute approximate surface area is 277 Å².